The van der Waals surface area contributed by atoms with Crippen LogP contribution in [0.3, 0.4) is 0 Å². The lowest BCUT2D eigenvalue weighted by Crippen LogP contribution is -2.04. The maximum atomic E-state index is 8.93. The summed E-state index contributed by atoms with van der Waals surface area (Å²) in [5.74, 6) is 0.689. The third-order valence-corrected chi connectivity index (χ3v) is 3.73. The molecule has 1 aliphatic rings. The van der Waals surface area contributed by atoms with E-state index in [0.29, 0.717) is 11.3 Å². The van der Waals surface area contributed by atoms with Crippen molar-refractivity contribution in [2.24, 2.45) is 0 Å². The first kappa shape index (κ1) is 13.3. The number of hydrogen-bond acceptors (Lipinski definition) is 4. The number of para-hydroxylation sites is 1. The fourth-order valence-electron chi connectivity index (χ4n) is 2.66. The van der Waals surface area contributed by atoms with Crippen molar-refractivity contribution in [1.82, 2.24) is 0 Å². The van der Waals surface area contributed by atoms with Gasteiger partial charge < -0.3 is 15.4 Å². The Morgan fingerprint density at radius 3 is 3.05 bits per heavy atom. The minimum atomic E-state index is 0.597. The molecule has 0 bridgehead atoms. The molecule has 3 rings (SSSR count). The van der Waals surface area contributed by atoms with Crippen molar-refractivity contribution in [3.05, 3.63) is 53.1 Å². The van der Waals surface area contributed by atoms with Gasteiger partial charge in [-0.1, -0.05) is 18.2 Å². The van der Waals surface area contributed by atoms with Gasteiger partial charge in [0.2, 0.25) is 0 Å². The average Bonchev–Trinajstić information content (AvgIpc) is 3.01. The smallest absolute Gasteiger partial charge is 0.143 e. The van der Waals surface area contributed by atoms with E-state index in [1.807, 2.05) is 6.07 Å². The van der Waals surface area contributed by atoms with Crippen LogP contribution >= 0.6 is 0 Å². The van der Waals surface area contributed by atoms with E-state index >= 15 is 0 Å². The first-order valence-electron chi connectivity index (χ1n) is 6.98. The van der Waals surface area contributed by atoms with Gasteiger partial charge >= 0.3 is 0 Å². The van der Waals surface area contributed by atoms with E-state index in [2.05, 4.69) is 34.9 Å². The SMILES string of the molecule is COc1cc(C#N)ccc1NCc1cccc2c1NCC2. The highest BCUT2D eigenvalue weighted by molar-refractivity contribution is 5.64. The molecule has 0 saturated heterocycles. The topological polar surface area (TPSA) is 57.1 Å². The molecule has 0 spiro atoms. The van der Waals surface area contributed by atoms with Crippen molar-refractivity contribution in [2.75, 3.05) is 24.3 Å². The number of fused-ring (bicyclic) bond motifs is 1. The lowest BCUT2D eigenvalue weighted by atomic mass is 10.1. The van der Waals surface area contributed by atoms with Crippen LogP contribution in [-0.2, 0) is 13.0 Å². The quantitative estimate of drug-likeness (QED) is 0.902. The van der Waals surface area contributed by atoms with Gasteiger partial charge in [-0.15, -0.1) is 0 Å². The number of methoxy groups -OCH3 is 1. The molecule has 0 aliphatic carbocycles. The summed E-state index contributed by atoms with van der Waals surface area (Å²) in [4.78, 5) is 0. The van der Waals surface area contributed by atoms with Crippen molar-refractivity contribution in [2.45, 2.75) is 13.0 Å². The number of nitrogens with one attached hydrogen (secondary N) is 2. The van der Waals surface area contributed by atoms with Gasteiger partial charge in [0.25, 0.3) is 0 Å². The molecular weight excluding hydrogens is 262 g/mol. The zero-order valence-corrected chi connectivity index (χ0v) is 11.9. The molecule has 2 aromatic carbocycles. The van der Waals surface area contributed by atoms with Crippen LogP contribution in [-0.4, -0.2) is 13.7 Å². The van der Waals surface area contributed by atoms with Crippen LogP contribution in [0.15, 0.2) is 36.4 Å². The lowest BCUT2D eigenvalue weighted by Gasteiger charge is -2.13. The highest BCUT2D eigenvalue weighted by atomic mass is 16.5. The molecule has 1 aliphatic heterocycles. The summed E-state index contributed by atoms with van der Waals surface area (Å²) in [5.41, 5.74) is 5.36. The normalized spacial score (nSPS) is 12.2. The Morgan fingerprint density at radius 2 is 2.24 bits per heavy atom. The Morgan fingerprint density at radius 1 is 1.33 bits per heavy atom. The highest BCUT2D eigenvalue weighted by Gasteiger charge is 2.13. The van der Waals surface area contributed by atoms with Crippen LogP contribution in [0.4, 0.5) is 11.4 Å². The van der Waals surface area contributed by atoms with Crippen LogP contribution in [0.1, 0.15) is 16.7 Å². The molecule has 2 N–H and O–H groups in total. The number of rotatable bonds is 4. The first-order chi connectivity index (χ1) is 10.3. The Bertz CT molecular complexity index is 704. The summed E-state index contributed by atoms with van der Waals surface area (Å²) in [7, 11) is 1.61. The summed E-state index contributed by atoms with van der Waals surface area (Å²) in [5, 5.41) is 15.8. The minimum Gasteiger partial charge on any atom is -0.495 e. The fourth-order valence-corrected chi connectivity index (χ4v) is 2.66. The average molecular weight is 279 g/mol. The summed E-state index contributed by atoms with van der Waals surface area (Å²) >= 11 is 0. The number of benzene rings is 2. The molecule has 0 unspecified atom stereocenters. The van der Waals surface area contributed by atoms with Crippen molar-refractivity contribution in [3.8, 4) is 11.8 Å². The van der Waals surface area contributed by atoms with E-state index in [9.17, 15) is 0 Å². The summed E-state index contributed by atoms with van der Waals surface area (Å²) in [6.45, 7) is 1.73. The van der Waals surface area contributed by atoms with Crippen LogP contribution < -0.4 is 15.4 Å². The Labute approximate surface area is 124 Å². The molecule has 0 fully saturated rings. The number of nitriles is 1. The highest BCUT2D eigenvalue weighted by Crippen LogP contribution is 2.29. The number of ether oxygens (including phenoxy) is 1. The van der Waals surface area contributed by atoms with Crippen LogP contribution in [0.25, 0.3) is 0 Å². The second-order valence-electron chi connectivity index (χ2n) is 5.01. The van der Waals surface area contributed by atoms with Crippen molar-refractivity contribution >= 4 is 11.4 Å². The van der Waals surface area contributed by atoms with Gasteiger partial charge in [-0.05, 0) is 29.7 Å². The van der Waals surface area contributed by atoms with E-state index in [-0.39, 0.29) is 0 Å². The third kappa shape index (κ3) is 2.63. The molecule has 106 valence electrons. The van der Waals surface area contributed by atoms with Gasteiger partial charge in [-0.3, -0.25) is 0 Å². The third-order valence-electron chi connectivity index (χ3n) is 3.73. The van der Waals surface area contributed by atoms with E-state index in [1.54, 1.807) is 19.2 Å². The Balaban J connectivity index is 1.80. The van der Waals surface area contributed by atoms with E-state index in [4.69, 9.17) is 10.00 Å². The standard InChI is InChI=1S/C17H17N3O/c1-21-16-9-12(10-18)5-6-15(16)20-11-14-4-2-3-13-7-8-19-17(13)14/h2-6,9,19-20H,7-8,11H2,1H3. The second kappa shape index (κ2) is 5.76. The van der Waals surface area contributed by atoms with Crippen LogP contribution in [0.2, 0.25) is 0 Å². The molecule has 4 nitrogen and oxygen atoms in total. The summed E-state index contributed by atoms with van der Waals surface area (Å²) in [6, 6.07) is 13.9. The molecule has 1 heterocycles. The molecule has 2 aromatic rings. The van der Waals surface area contributed by atoms with Crippen LogP contribution in [0.5, 0.6) is 5.75 Å². The van der Waals surface area contributed by atoms with E-state index in [1.165, 1.54) is 16.8 Å². The Hall–Kier alpha value is -2.67. The molecule has 0 atom stereocenters. The monoisotopic (exact) mass is 279 g/mol. The zero-order valence-electron chi connectivity index (χ0n) is 11.9. The van der Waals surface area contributed by atoms with Gasteiger partial charge in [0.1, 0.15) is 5.75 Å². The van der Waals surface area contributed by atoms with Crippen molar-refractivity contribution < 1.29 is 4.74 Å². The Kier molecular flexibility index (Phi) is 3.65. The fraction of sp³-hybridized carbons (Fsp3) is 0.235. The maximum absolute atomic E-state index is 8.93. The predicted molar refractivity (Wildman–Crippen MR) is 83.7 cm³/mol. The number of nitrogens with zero attached hydrogens (tertiary/aromatic N) is 1. The molecule has 0 amide bonds. The largest absolute Gasteiger partial charge is 0.495 e. The van der Waals surface area contributed by atoms with E-state index < -0.39 is 0 Å². The van der Waals surface area contributed by atoms with E-state index in [0.717, 1.165) is 25.2 Å². The van der Waals surface area contributed by atoms with Crippen LogP contribution in [0, 0.1) is 11.3 Å². The minimum absolute atomic E-state index is 0.597. The van der Waals surface area contributed by atoms with Gasteiger partial charge in [0.15, 0.2) is 0 Å². The molecule has 4 heteroatoms. The van der Waals surface area contributed by atoms with Crippen molar-refractivity contribution in [3.63, 3.8) is 0 Å². The number of hydrogen-bond donors (Lipinski definition) is 2. The van der Waals surface area contributed by atoms with Gasteiger partial charge in [0.05, 0.1) is 24.4 Å². The molecule has 0 saturated carbocycles. The lowest BCUT2D eigenvalue weighted by molar-refractivity contribution is 0.416. The van der Waals surface area contributed by atoms with Gasteiger partial charge in [-0.25, -0.2) is 0 Å². The summed E-state index contributed by atoms with van der Waals surface area (Å²) in [6.07, 6.45) is 1.09. The molecular formula is C17H17N3O. The van der Waals surface area contributed by atoms with Crippen molar-refractivity contribution in [1.29, 1.82) is 5.26 Å². The molecule has 0 radical (unpaired) electrons. The zero-order chi connectivity index (χ0) is 14.7. The maximum Gasteiger partial charge on any atom is 0.143 e. The van der Waals surface area contributed by atoms with Gasteiger partial charge in [0, 0.05) is 24.8 Å². The van der Waals surface area contributed by atoms with Gasteiger partial charge in [-0.2, -0.15) is 5.26 Å². The molecule has 21 heavy (non-hydrogen) atoms. The first-order valence-corrected chi connectivity index (χ1v) is 6.98. The predicted octanol–water partition coefficient (Wildman–Crippen LogP) is 3.15. The molecule has 0 aromatic heterocycles. The summed E-state index contributed by atoms with van der Waals surface area (Å²) < 4.78 is 5.34. The number of anilines is 2. The second-order valence-corrected chi connectivity index (χ2v) is 5.01.